The first kappa shape index (κ1) is 11.3. The van der Waals surface area contributed by atoms with E-state index in [0.29, 0.717) is 3.57 Å². The molecule has 0 fully saturated rings. The lowest BCUT2D eigenvalue weighted by atomic mass is 10.1. The minimum absolute atomic E-state index is 0.0157. The van der Waals surface area contributed by atoms with E-state index >= 15 is 0 Å². The lowest BCUT2D eigenvalue weighted by molar-refractivity contribution is 0.102. The van der Waals surface area contributed by atoms with Gasteiger partial charge in [-0.15, -0.1) is 11.6 Å². The second-order valence-corrected chi connectivity index (χ2v) is 3.95. The summed E-state index contributed by atoms with van der Waals surface area (Å²) in [5.41, 5.74) is 0.401. The summed E-state index contributed by atoms with van der Waals surface area (Å²) in [4.78, 5) is 11.3. The topological polar surface area (TPSA) is 61.1 Å². The molecule has 1 aromatic carbocycles. The van der Waals surface area contributed by atoms with E-state index in [2.05, 4.69) is 0 Å². The average Bonchev–Trinajstić information content (AvgIpc) is 2.20. The van der Waals surface area contributed by atoms with Crippen LogP contribution in [-0.2, 0) is 0 Å². The molecule has 0 spiro atoms. The Morgan fingerprint density at radius 1 is 1.64 bits per heavy atom. The number of hydrogen-bond acceptors (Lipinski definition) is 3. The number of aromatic hydroxyl groups is 1. The first-order valence-corrected chi connectivity index (χ1v) is 5.23. The number of hydrogen-bond donors (Lipinski definition) is 1. The highest BCUT2D eigenvalue weighted by molar-refractivity contribution is 14.1. The van der Waals surface area contributed by atoms with Crippen molar-refractivity contribution in [2.24, 2.45) is 0 Å². The zero-order chi connectivity index (χ0) is 10.7. The van der Waals surface area contributed by atoms with Crippen LogP contribution in [-0.4, -0.2) is 16.8 Å². The van der Waals surface area contributed by atoms with Crippen LogP contribution in [0.1, 0.15) is 15.9 Å². The molecule has 72 valence electrons. The number of benzene rings is 1. The van der Waals surface area contributed by atoms with Crippen LogP contribution in [0.2, 0.25) is 0 Å². The molecule has 0 aliphatic heterocycles. The van der Waals surface area contributed by atoms with Gasteiger partial charge in [-0.3, -0.25) is 4.79 Å². The standard InChI is InChI=1S/C9H5ClINO2/c10-3-9(14)6-2-8(13)7(11)1-5(6)4-12/h1-2,13H,3H2. The van der Waals surface area contributed by atoms with E-state index in [1.54, 1.807) is 0 Å². The summed E-state index contributed by atoms with van der Waals surface area (Å²) in [6.45, 7) is 0. The van der Waals surface area contributed by atoms with Crippen LogP contribution in [0.5, 0.6) is 5.75 Å². The van der Waals surface area contributed by atoms with Gasteiger partial charge in [-0.05, 0) is 34.7 Å². The van der Waals surface area contributed by atoms with Crippen molar-refractivity contribution in [3.8, 4) is 11.8 Å². The van der Waals surface area contributed by atoms with Crippen molar-refractivity contribution in [2.45, 2.75) is 0 Å². The molecule has 0 saturated carbocycles. The number of phenolic OH excluding ortho intramolecular Hbond substituents is 1. The number of carbonyl (C=O) groups excluding carboxylic acids is 1. The highest BCUT2D eigenvalue weighted by Crippen LogP contribution is 2.24. The van der Waals surface area contributed by atoms with Crippen molar-refractivity contribution < 1.29 is 9.90 Å². The van der Waals surface area contributed by atoms with Gasteiger partial charge in [0.1, 0.15) is 5.75 Å². The molecule has 1 aromatic rings. The number of nitrogens with zero attached hydrogens (tertiary/aromatic N) is 1. The molecular formula is C9H5ClINO2. The molecule has 1 rings (SSSR count). The molecule has 0 atom stereocenters. The van der Waals surface area contributed by atoms with Gasteiger partial charge in [-0.1, -0.05) is 0 Å². The molecule has 0 saturated heterocycles. The lowest BCUT2D eigenvalue weighted by Crippen LogP contribution is -2.03. The van der Waals surface area contributed by atoms with E-state index < -0.39 is 0 Å². The van der Waals surface area contributed by atoms with Crippen molar-refractivity contribution in [1.82, 2.24) is 0 Å². The van der Waals surface area contributed by atoms with Crippen LogP contribution in [0.3, 0.4) is 0 Å². The summed E-state index contributed by atoms with van der Waals surface area (Å²) in [6, 6.07) is 4.61. The largest absolute Gasteiger partial charge is 0.507 e. The van der Waals surface area contributed by atoms with Gasteiger partial charge >= 0.3 is 0 Å². The Balaban J connectivity index is 3.36. The van der Waals surface area contributed by atoms with E-state index in [1.807, 2.05) is 28.7 Å². The summed E-state index contributed by atoms with van der Waals surface area (Å²) in [5.74, 6) is -0.581. The predicted octanol–water partition coefficient (Wildman–Crippen LogP) is 2.29. The molecule has 0 radical (unpaired) electrons. The zero-order valence-corrected chi connectivity index (χ0v) is 9.83. The number of rotatable bonds is 2. The van der Waals surface area contributed by atoms with Crippen LogP contribution in [0.15, 0.2) is 12.1 Å². The first-order valence-electron chi connectivity index (χ1n) is 3.62. The van der Waals surface area contributed by atoms with Gasteiger partial charge in [-0.25, -0.2) is 0 Å². The fourth-order valence-corrected chi connectivity index (χ4v) is 1.57. The Morgan fingerprint density at radius 2 is 2.29 bits per heavy atom. The van der Waals surface area contributed by atoms with Gasteiger partial charge in [0, 0.05) is 5.56 Å². The number of nitriles is 1. The minimum Gasteiger partial charge on any atom is -0.507 e. The van der Waals surface area contributed by atoms with Crippen molar-refractivity contribution in [2.75, 3.05) is 5.88 Å². The third-order valence-electron chi connectivity index (χ3n) is 1.63. The number of phenols is 1. The fourth-order valence-electron chi connectivity index (χ4n) is 0.957. The third kappa shape index (κ3) is 2.16. The molecule has 1 N–H and O–H groups in total. The van der Waals surface area contributed by atoms with E-state index in [4.69, 9.17) is 16.9 Å². The molecule has 0 aliphatic carbocycles. The lowest BCUT2D eigenvalue weighted by Gasteiger charge is -2.03. The summed E-state index contributed by atoms with van der Waals surface area (Å²) in [5, 5.41) is 18.1. The normalized spacial score (nSPS) is 9.50. The predicted molar refractivity (Wildman–Crippen MR) is 60.6 cm³/mol. The molecule has 0 aromatic heterocycles. The molecule has 0 aliphatic rings. The summed E-state index contributed by atoms with van der Waals surface area (Å²) in [6.07, 6.45) is 0. The maximum Gasteiger partial charge on any atom is 0.179 e. The Bertz CT molecular complexity index is 426. The van der Waals surface area contributed by atoms with Gasteiger partial charge in [-0.2, -0.15) is 5.26 Å². The molecule has 0 unspecified atom stereocenters. The highest BCUT2D eigenvalue weighted by Gasteiger charge is 2.13. The van der Waals surface area contributed by atoms with E-state index in [9.17, 15) is 9.90 Å². The summed E-state index contributed by atoms with van der Waals surface area (Å²) in [7, 11) is 0. The van der Waals surface area contributed by atoms with E-state index in [1.165, 1.54) is 12.1 Å². The van der Waals surface area contributed by atoms with Crippen LogP contribution < -0.4 is 0 Å². The molecule has 0 heterocycles. The average molecular weight is 322 g/mol. The molecular weight excluding hydrogens is 316 g/mol. The van der Waals surface area contributed by atoms with Crippen molar-refractivity contribution in [3.05, 3.63) is 26.8 Å². The Morgan fingerprint density at radius 3 is 2.79 bits per heavy atom. The number of Topliss-reactive ketones (excluding diaryl/α,β-unsaturated/α-hetero) is 1. The Kier molecular flexibility index (Phi) is 3.72. The van der Waals surface area contributed by atoms with Gasteiger partial charge in [0.25, 0.3) is 0 Å². The third-order valence-corrected chi connectivity index (χ3v) is 2.74. The van der Waals surface area contributed by atoms with Gasteiger partial charge < -0.3 is 5.11 Å². The van der Waals surface area contributed by atoms with Gasteiger partial charge in [0.2, 0.25) is 0 Å². The molecule has 5 heteroatoms. The van der Waals surface area contributed by atoms with Crippen molar-refractivity contribution in [3.63, 3.8) is 0 Å². The minimum atomic E-state index is -0.366. The fraction of sp³-hybridized carbons (Fsp3) is 0.111. The monoisotopic (exact) mass is 321 g/mol. The molecule has 14 heavy (non-hydrogen) atoms. The first-order chi connectivity index (χ1) is 6.60. The maximum atomic E-state index is 11.3. The number of carbonyl (C=O) groups is 1. The summed E-state index contributed by atoms with van der Waals surface area (Å²) >= 11 is 7.25. The second kappa shape index (κ2) is 4.62. The number of ketones is 1. The molecule has 0 amide bonds. The van der Waals surface area contributed by atoms with Crippen molar-refractivity contribution in [1.29, 1.82) is 5.26 Å². The van der Waals surface area contributed by atoms with Crippen LogP contribution in [0, 0.1) is 14.9 Å². The van der Waals surface area contributed by atoms with Gasteiger partial charge in [0.15, 0.2) is 5.78 Å². The molecule has 0 bridgehead atoms. The number of alkyl halides is 1. The Hall–Kier alpha value is -0.800. The number of halogens is 2. The summed E-state index contributed by atoms with van der Waals surface area (Å²) < 4.78 is 0.533. The second-order valence-electron chi connectivity index (χ2n) is 2.52. The quantitative estimate of drug-likeness (QED) is 0.516. The smallest absolute Gasteiger partial charge is 0.179 e. The highest BCUT2D eigenvalue weighted by atomic mass is 127. The Labute approximate surface area is 99.4 Å². The van der Waals surface area contributed by atoms with E-state index in [-0.39, 0.29) is 28.5 Å². The van der Waals surface area contributed by atoms with Gasteiger partial charge in [0.05, 0.1) is 21.1 Å². The zero-order valence-electron chi connectivity index (χ0n) is 6.92. The van der Waals surface area contributed by atoms with Crippen LogP contribution in [0.4, 0.5) is 0 Å². The van der Waals surface area contributed by atoms with Crippen LogP contribution >= 0.6 is 34.2 Å². The maximum absolute atomic E-state index is 11.3. The van der Waals surface area contributed by atoms with Crippen LogP contribution in [0.25, 0.3) is 0 Å². The van der Waals surface area contributed by atoms with Crippen molar-refractivity contribution >= 4 is 40.0 Å². The molecule has 3 nitrogen and oxygen atoms in total. The van der Waals surface area contributed by atoms with E-state index in [0.717, 1.165) is 0 Å². The SMILES string of the molecule is N#Cc1cc(I)c(O)cc1C(=O)CCl.